The zero-order valence-electron chi connectivity index (χ0n) is 15.1. The van der Waals surface area contributed by atoms with E-state index in [4.69, 9.17) is 0 Å². The molecule has 2 atom stereocenters. The molecule has 3 heterocycles. The van der Waals surface area contributed by atoms with E-state index in [0.29, 0.717) is 13.0 Å². The van der Waals surface area contributed by atoms with Crippen LogP contribution in [-0.2, 0) is 17.6 Å². The summed E-state index contributed by atoms with van der Waals surface area (Å²) in [5, 5.41) is 15.9. The van der Waals surface area contributed by atoms with Crippen molar-refractivity contribution in [2.45, 2.75) is 18.9 Å². The molecule has 1 aliphatic heterocycles. The van der Waals surface area contributed by atoms with Gasteiger partial charge in [0.25, 0.3) is 11.1 Å². The van der Waals surface area contributed by atoms with Crippen molar-refractivity contribution in [3.05, 3.63) is 74.4 Å². The first-order valence-electron chi connectivity index (χ1n) is 9.10. The molecule has 8 nitrogen and oxygen atoms in total. The Kier molecular flexibility index (Phi) is 4.79. The van der Waals surface area contributed by atoms with Gasteiger partial charge < -0.3 is 10.0 Å². The first-order chi connectivity index (χ1) is 13.5. The molecule has 1 aromatic carbocycles. The molecule has 28 heavy (non-hydrogen) atoms. The van der Waals surface area contributed by atoms with Crippen molar-refractivity contribution in [1.29, 1.82) is 0 Å². The minimum atomic E-state index is -0.645. The van der Waals surface area contributed by atoms with E-state index in [9.17, 15) is 19.5 Å². The SMILES string of the molecule is O=C(Cc1cc(=O)[nH][nH]c1=O)N1C[C@@H](Cc2ccnc3ccccc23)[C@@H](O)C1. The number of hydrogen-bond donors (Lipinski definition) is 3. The van der Waals surface area contributed by atoms with E-state index in [-0.39, 0.29) is 30.4 Å². The molecule has 0 saturated carbocycles. The van der Waals surface area contributed by atoms with Crippen LogP contribution in [0.1, 0.15) is 11.1 Å². The minimum absolute atomic E-state index is 0.104. The van der Waals surface area contributed by atoms with E-state index in [1.54, 1.807) is 11.1 Å². The Bertz CT molecular complexity index is 1130. The number of carbonyl (C=O) groups is 1. The largest absolute Gasteiger partial charge is 0.391 e. The summed E-state index contributed by atoms with van der Waals surface area (Å²) in [5.74, 6) is -0.385. The highest BCUT2D eigenvalue weighted by Gasteiger charge is 2.34. The predicted octanol–water partition coefficient (Wildman–Crippen LogP) is 0.216. The molecule has 144 valence electrons. The molecule has 3 aromatic rings. The van der Waals surface area contributed by atoms with Crippen LogP contribution in [0.5, 0.6) is 0 Å². The third kappa shape index (κ3) is 3.59. The van der Waals surface area contributed by atoms with Crippen LogP contribution in [0.4, 0.5) is 0 Å². The number of aromatic nitrogens is 3. The molecule has 4 rings (SSSR count). The molecule has 0 unspecified atom stereocenters. The van der Waals surface area contributed by atoms with Crippen LogP contribution >= 0.6 is 0 Å². The Morgan fingerprint density at radius 3 is 2.82 bits per heavy atom. The average Bonchev–Trinajstić information content (AvgIpc) is 3.06. The number of hydrogen-bond acceptors (Lipinski definition) is 5. The molecule has 1 aliphatic rings. The molecule has 0 radical (unpaired) electrons. The zero-order chi connectivity index (χ0) is 19.7. The molecule has 0 aliphatic carbocycles. The van der Waals surface area contributed by atoms with E-state index in [0.717, 1.165) is 22.5 Å². The summed E-state index contributed by atoms with van der Waals surface area (Å²) in [7, 11) is 0. The van der Waals surface area contributed by atoms with Gasteiger partial charge in [0, 0.05) is 42.2 Å². The summed E-state index contributed by atoms with van der Waals surface area (Å²) in [6, 6.07) is 10.9. The van der Waals surface area contributed by atoms with Gasteiger partial charge in [0.05, 0.1) is 18.0 Å². The van der Waals surface area contributed by atoms with Crippen molar-refractivity contribution in [2.24, 2.45) is 5.92 Å². The molecule has 1 fully saturated rings. The number of aliphatic hydroxyl groups is 1. The van der Waals surface area contributed by atoms with Crippen LogP contribution < -0.4 is 11.1 Å². The van der Waals surface area contributed by atoms with Crippen LogP contribution in [-0.4, -0.2) is 50.3 Å². The number of aromatic amines is 2. The van der Waals surface area contributed by atoms with Gasteiger partial charge in [0.15, 0.2) is 0 Å². The second-order valence-corrected chi connectivity index (χ2v) is 7.11. The zero-order valence-corrected chi connectivity index (χ0v) is 15.1. The van der Waals surface area contributed by atoms with Crippen molar-refractivity contribution in [1.82, 2.24) is 20.1 Å². The van der Waals surface area contributed by atoms with E-state index < -0.39 is 17.2 Å². The number of likely N-dealkylation sites (tertiary alicyclic amines) is 1. The van der Waals surface area contributed by atoms with Crippen LogP contribution in [0.15, 0.2) is 52.2 Å². The monoisotopic (exact) mass is 380 g/mol. The first-order valence-corrected chi connectivity index (χ1v) is 9.10. The third-order valence-electron chi connectivity index (χ3n) is 5.22. The molecule has 8 heteroatoms. The maximum Gasteiger partial charge on any atom is 0.266 e. The lowest BCUT2D eigenvalue weighted by Gasteiger charge is -2.16. The molecule has 3 N–H and O–H groups in total. The Balaban J connectivity index is 1.48. The summed E-state index contributed by atoms with van der Waals surface area (Å²) >= 11 is 0. The van der Waals surface area contributed by atoms with E-state index in [1.165, 1.54) is 0 Å². The van der Waals surface area contributed by atoms with Crippen molar-refractivity contribution < 1.29 is 9.90 Å². The lowest BCUT2D eigenvalue weighted by atomic mass is 9.94. The number of para-hydroxylation sites is 1. The van der Waals surface area contributed by atoms with Crippen molar-refractivity contribution >= 4 is 16.8 Å². The number of β-amino-alcohol motifs (C(OH)–C–C–N with tert-alkyl or cyclic N) is 1. The van der Waals surface area contributed by atoms with Gasteiger partial charge in [-0.25, -0.2) is 0 Å². The average molecular weight is 380 g/mol. The number of fused-ring (bicyclic) bond motifs is 1. The van der Waals surface area contributed by atoms with Gasteiger partial charge in [0.1, 0.15) is 0 Å². The second-order valence-electron chi connectivity index (χ2n) is 7.11. The van der Waals surface area contributed by atoms with Gasteiger partial charge >= 0.3 is 0 Å². The fourth-order valence-corrected chi connectivity index (χ4v) is 3.74. The Morgan fingerprint density at radius 2 is 1.96 bits per heavy atom. The molecule has 0 bridgehead atoms. The summed E-state index contributed by atoms with van der Waals surface area (Å²) in [6.45, 7) is 0.616. The van der Waals surface area contributed by atoms with Gasteiger partial charge in [-0.1, -0.05) is 18.2 Å². The van der Waals surface area contributed by atoms with Gasteiger partial charge in [-0.3, -0.25) is 29.6 Å². The number of aliphatic hydroxyl groups excluding tert-OH is 1. The number of rotatable bonds is 4. The maximum absolute atomic E-state index is 12.6. The Morgan fingerprint density at radius 1 is 1.14 bits per heavy atom. The fraction of sp³-hybridized carbons (Fsp3) is 0.300. The minimum Gasteiger partial charge on any atom is -0.391 e. The molecular weight excluding hydrogens is 360 g/mol. The quantitative estimate of drug-likeness (QED) is 0.598. The van der Waals surface area contributed by atoms with Crippen LogP contribution in [0.3, 0.4) is 0 Å². The maximum atomic E-state index is 12.6. The molecular formula is C20H20N4O4. The fourth-order valence-electron chi connectivity index (χ4n) is 3.74. The van der Waals surface area contributed by atoms with Gasteiger partial charge in [-0.15, -0.1) is 0 Å². The van der Waals surface area contributed by atoms with Crippen molar-refractivity contribution in [3.8, 4) is 0 Å². The van der Waals surface area contributed by atoms with Crippen LogP contribution in [0.25, 0.3) is 10.9 Å². The smallest absolute Gasteiger partial charge is 0.266 e. The number of pyridine rings is 1. The number of carbonyl (C=O) groups excluding carboxylic acids is 1. The number of H-pyrrole nitrogens is 2. The molecule has 0 spiro atoms. The highest BCUT2D eigenvalue weighted by atomic mass is 16.3. The number of amides is 1. The second kappa shape index (κ2) is 7.40. The number of benzene rings is 1. The van der Waals surface area contributed by atoms with Crippen molar-refractivity contribution in [2.75, 3.05) is 13.1 Å². The van der Waals surface area contributed by atoms with Gasteiger partial charge in [-0.05, 0) is 24.1 Å². The highest BCUT2D eigenvalue weighted by molar-refractivity contribution is 5.82. The number of nitrogens with zero attached hydrogens (tertiary/aromatic N) is 2. The molecule has 2 aromatic heterocycles. The predicted molar refractivity (Wildman–Crippen MR) is 103 cm³/mol. The van der Waals surface area contributed by atoms with E-state index in [1.807, 2.05) is 30.3 Å². The van der Waals surface area contributed by atoms with Crippen molar-refractivity contribution in [3.63, 3.8) is 0 Å². The normalized spacial score (nSPS) is 19.2. The van der Waals surface area contributed by atoms with E-state index >= 15 is 0 Å². The lowest BCUT2D eigenvalue weighted by Crippen LogP contribution is -2.33. The van der Waals surface area contributed by atoms with Gasteiger partial charge in [-0.2, -0.15) is 0 Å². The summed E-state index contributed by atoms with van der Waals surface area (Å²) in [5.41, 5.74) is 1.13. The molecule has 1 amide bonds. The summed E-state index contributed by atoms with van der Waals surface area (Å²) < 4.78 is 0. The lowest BCUT2D eigenvalue weighted by molar-refractivity contribution is -0.129. The summed E-state index contributed by atoms with van der Waals surface area (Å²) in [6.07, 6.45) is 1.56. The topological polar surface area (TPSA) is 119 Å². The number of nitrogens with one attached hydrogen (secondary N) is 2. The molecule has 1 saturated heterocycles. The Hall–Kier alpha value is -3.26. The van der Waals surface area contributed by atoms with Crippen LogP contribution in [0.2, 0.25) is 0 Å². The van der Waals surface area contributed by atoms with E-state index in [2.05, 4.69) is 15.2 Å². The van der Waals surface area contributed by atoms with Gasteiger partial charge in [0.2, 0.25) is 5.91 Å². The van der Waals surface area contributed by atoms with Crippen LogP contribution in [0, 0.1) is 5.92 Å². The summed E-state index contributed by atoms with van der Waals surface area (Å²) in [4.78, 5) is 41.6. The standard InChI is InChI=1S/C20H20N4O4/c25-17-11-24(19(27)9-13-8-18(26)22-23-20(13)28)10-14(17)7-12-5-6-21-16-4-2-1-3-15(12)16/h1-6,8,14,17,25H,7,9-11H2,(H,22,26)(H,23,28)/t14-,17+/m1/s1. The third-order valence-corrected chi connectivity index (χ3v) is 5.22. The Labute approximate surface area is 159 Å². The highest BCUT2D eigenvalue weighted by Crippen LogP contribution is 2.25. The first kappa shape index (κ1) is 18.1.